The van der Waals surface area contributed by atoms with Gasteiger partial charge in [0.05, 0.1) is 30.0 Å². The molecule has 0 aliphatic carbocycles. The molecule has 0 unspecified atom stereocenters. The van der Waals surface area contributed by atoms with Crippen LogP contribution in [-0.2, 0) is 0 Å². The van der Waals surface area contributed by atoms with Gasteiger partial charge in [0.15, 0.2) is 0 Å². The predicted octanol–water partition coefficient (Wildman–Crippen LogP) is 2.07. The van der Waals surface area contributed by atoms with Crippen molar-refractivity contribution in [1.82, 2.24) is 5.01 Å². The lowest BCUT2D eigenvalue weighted by atomic mass is 10.1. The average Bonchev–Trinajstić information content (AvgIpc) is 2.77. The van der Waals surface area contributed by atoms with E-state index in [1.165, 1.54) is 5.01 Å². The minimum absolute atomic E-state index is 0. The van der Waals surface area contributed by atoms with Gasteiger partial charge in [-0.3, -0.25) is 5.41 Å². The molecule has 98 valence electrons. The summed E-state index contributed by atoms with van der Waals surface area (Å²) in [6, 6.07) is 5.45. The molecule has 18 heavy (non-hydrogen) atoms. The molecule has 1 aliphatic heterocycles. The van der Waals surface area contributed by atoms with Crippen molar-refractivity contribution in [2.24, 2.45) is 10.8 Å². The van der Waals surface area contributed by atoms with E-state index in [4.69, 9.17) is 27.5 Å². The van der Waals surface area contributed by atoms with E-state index < -0.39 is 0 Å². The van der Waals surface area contributed by atoms with Gasteiger partial charge in [-0.1, -0.05) is 17.7 Å². The van der Waals surface area contributed by atoms with Crippen molar-refractivity contribution in [3.8, 4) is 5.75 Å². The maximum Gasteiger partial charge on any atom is 0.209 e. The van der Waals surface area contributed by atoms with Gasteiger partial charge in [-0.05, 0) is 12.1 Å². The highest BCUT2D eigenvalue weighted by molar-refractivity contribution is 6.34. The van der Waals surface area contributed by atoms with Crippen molar-refractivity contribution >= 4 is 35.7 Å². The van der Waals surface area contributed by atoms with Crippen molar-refractivity contribution in [3.63, 3.8) is 0 Å². The molecule has 1 heterocycles. The molecule has 0 radical (unpaired) electrons. The summed E-state index contributed by atoms with van der Waals surface area (Å²) in [5.74, 6) is 0.618. The smallest absolute Gasteiger partial charge is 0.209 e. The van der Waals surface area contributed by atoms with Crippen molar-refractivity contribution in [2.45, 2.75) is 6.42 Å². The Balaban J connectivity index is 0.00000162. The Morgan fingerprint density at radius 3 is 2.83 bits per heavy atom. The van der Waals surface area contributed by atoms with Gasteiger partial charge in [0.25, 0.3) is 0 Å². The number of benzene rings is 1. The highest BCUT2D eigenvalue weighted by Gasteiger charge is 2.22. The third-order valence-electron chi connectivity index (χ3n) is 2.56. The third-order valence-corrected chi connectivity index (χ3v) is 2.88. The summed E-state index contributed by atoms with van der Waals surface area (Å²) in [5, 5.41) is 13.6. The van der Waals surface area contributed by atoms with E-state index in [9.17, 15) is 0 Å². The molecule has 0 amide bonds. The molecule has 7 heteroatoms. The van der Waals surface area contributed by atoms with Crippen LogP contribution in [0.1, 0.15) is 12.0 Å². The van der Waals surface area contributed by atoms with Crippen LogP contribution >= 0.6 is 24.0 Å². The van der Waals surface area contributed by atoms with Crippen LogP contribution in [-0.4, -0.2) is 30.3 Å². The van der Waals surface area contributed by atoms with Gasteiger partial charge in [-0.2, -0.15) is 5.10 Å². The highest BCUT2D eigenvalue weighted by atomic mass is 35.5. The summed E-state index contributed by atoms with van der Waals surface area (Å²) in [6.45, 7) is 0.596. The molecule has 5 nitrogen and oxygen atoms in total. The first kappa shape index (κ1) is 14.6. The Morgan fingerprint density at radius 1 is 1.56 bits per heavy atom. The third kappa shape index (κ3) is 2.68. The molecule has 0 aromatic heterocycles. The maximum absolute atomic E-state index is 7.33. The number of ether oxygens (including phenoxy) is 1. The summed E-state index contributed by atoms with van der Waals surface area (Å²) in [7, 11) is 1.59. The lowest BCUT2D eigenvalue weighted by Gasteiger charge is -2.10. The molecule has 2 rings (SSSR count). The van der Waals surface area contributed by atoms with E-state index in [-0.39, 0.29) is 18.4 Å². The van der Waals surface area contributed by atoms with Gasteiger partial charge < -0.3 is 10.5 Å². The summed E-state index contributed by atoms with van der Waals surface area (Å²) < 4.78 is 5.27. The first-order valence-electron chi connectivity index (χ1n) is 5.15. The topological polar surface area (TPSA) is 74.7 Å². The zero-order valence-corrected chi connectivity index (χ0v) is 11.4. The average molecular weight is 289 g/mol. The molecule has 0 bridgehead atoms. The van der Waals surface area contributed by atoms with E-state index in [0.717, 1.165) is 11.3 Å². The number of nitrogens with one attached hydrogen (secondary N) is 1. The quantitative estimate of drug-likeness (QED) is 0.646. The van der Waals surface area contributed by atoms with Gasteiger partial charge in [0, 0.05) is 6.42 Å². The van der Waals surface area contributed by atoms with Crippen molar-refractivity contribution < 1.29 is 4.74 Å². The fourth-order valence-corrected chi connectivity index (χ4v) is 2.04. The van der Waals surface area contributed by atoms with Crippen LogP contribution in [0, 0.1) is 5.41 Å². The maximum atomic E-state index is 7.33. The molecule has 1 aromatic carbocycles. The first-order chi connectivity index (χ1) is 8.13. The largest absolute Gasteiger partial charge is 0.496 e. The minimum atomic E-state index is -0.0639. The number of nitrogens with zero attached hydrogens (tertiary/aromatic N) is 2. The highest BCUT2D eigenvalue weighted by Crippen LogP contribution is 2.29. The standard InChI is InChI=1S/C11H13ClN4O.ClH/c1-17-9-4-2-3-7(12)10(9)8-5-6-16(15-8)11(13)14;/h2-4H,5-6H2,1H3,(H3,13,14);1H. The normalized spacial score (nSPS) is 13.9. The molecular formula is C11H14Cl2N4O. The van der Waals surface area contributed by atoms with Gasteiger partial charge >= 0.3 is 0 Å². The number of rotatable bonds is 2. The number of methoxy groups -OCH3 is 1. The van der Waals surface area contributed by atoms with Gasteiger partial charge in [-0.15, -0.1) is 12.4 Å². The number of hydrogen-bond donors (Lipinski definition) is 2. The number of hydrazone groups is 1. The Bertz CT molecular complexity index is 490. The zero-order chi connectivity index (χ0) is 12.4. The second-order valence-electron chi connectivity index (χ2n) is 3.62. The van der Waals surface area contributed by atoms with E-state index in [1.54, 1.807) is 13.2 Å². The Morgan fingerprint density at radius 2 is 2.28 bits per heavy atom. The number of guanidine groups is 1. The molecular weight excluding hydrogens is 275 g/mol. The van der Waals surface area contributed by atoms with E-state index in [1.807, 2.05) is 12.1 Å². The van der Waals surface area contributed by atoms with Gasteiger partial charge in [-0.25, -0.2) is 5.01 Å². The fraction of sp³-hybridized carbons (Fsp3) is 0.273. The van der Waals surface area contributed by atoms with Crippen LogP contribution < -0.4 is 10.5 Å². The minimum Gasteiger partial charge on any atom is -0.496 e. The molecule has 0 saturated heterocycles. The molecule has 0 spiro atoms. The number of nitrogens with two attached hydrogens (primary N) is 1. The summed E-state index contributed by atoms with van der Waals surface area (Å²) in [5.41, 5.74) is 6.96. The van der Waals surface area contributed by atoms with Crippen LogP contribution in [0.4, 0.5) is 0 Å². The number of halogens is 2. The summed E-state index contributed by atoms with van der Waals surface area (Å²) in [6.07, 6.45) is 0.694. The first-order valence-corrected chi connectivity index (χ1v) is 5.53. The number of hydrogen-bond acceptors (Lipinski definition) is 3. The molecule has 0 saturated carbocycles. The Kier molecular flexibility index (Phi) is 4.81. The molecule has 0 atom stereocenters. The fourth-order valence-electron chi connectivity index (χ4n) is 1.76. The van der Waals surface area contributed by atoms with Crippen LogP contribution in [0.5, 0.6) is 5.75 Å². The molecule has 1 aromatic rings. The van der Waals surface area contributed by atoms with Crippen LogP contribution in [0.2, 0.25) is 5.02 Å². The van der Waals surface area contributed by atoms with Crippen molar-refractivity contribution in [1.29, 1.82) is 5.41 Å². The second kappa shape index (κ2) is 5.93. The Labute approximate surface area is 116 Å². The lowest BCUT2D eigenvalue weighted by molar-refractivity contribution is 0.414. The van der Waals surface area contributed by atoms with E-state index >= 15 is 0 Å². The zero-order valence-electron chi connectivity index (χ0n) is 9.81. The molecule has 1 aliphatic rings. The van der Waals surface area contributed by atoms with Crippen molar-refractivity contribution in [3.05, 3.63) is 28.8 Å². The SMILES string of the molecule is COc1cccc(Cl)c1C1=NN(C(=N)N)CC1.Cl. The van der Waals surface area contributed by atoms with Crippen molar-refractivity contribution in [2.75, 3.05) is 13.7 Å². The predicted molar refractivity (Wildman–Crippen MR) is 75.0 cm³/mol. The lowest BCUT2D eigenvalue weighted by Crippen LogP contribution is -2.29. The van der Waals surface area contributed by atoms with Crippen LogP contribution in [0.3, 0.4) is 0 Å². The second-order valence-corrected chi connectivity index (χ2v) is 4.03. The van der Waals surface area contributed by atoms with Crippen LogP contribution in [0.25, 0.3) is 0 Å². The van der Waals surface area contributed by atoms with E-state index in [2.05, 4.69) is 5.10 Å². The van der Waals surface area contributed by atoms with Crippen LogP contribution in [0.15, 0.2) is 23.3 Å². The summed E-state index contributed by atoms with van der Waals surface area (Å²) >= 11 is 6.15. The monoisotopic (exact) mass is 288 g/mol. The van der Waals surface area contributed by atoms with Gasteiger partial charge in [0.2, 0.25) is 5.96 Å². The van der Waals surface area contributed by atoms with Gasteiger partial charge in [0.1, 0.15) is 5.75 Å². The molecule has 3 N–H and O–H groups in total. The Hall–Kier alpha value is -1.46. The van der Waals surface area contributed by atoms with E-state index in [0.29, 0.717) is 23.7 Å². The summed E-state index contributed by atoms with van der Waals surface area (Å²) in [4.78, 5) is 0. The molecule has 0 fully saturated rings.